The molecule has 1 aliphatic carbocycles. The average molecular weight is 435 g/mol. The molecule has 1 aliphatic rings. The van der Waals surface area contributed by atoms with E-state index >= 15 is 0 Å². The Morgan fingerprint density at radius 2 is 1.30 bits per heavy atom. The second-order valence-corrected chi connectivity index (χ2v) is 9.52. The van der Waals surface area contributed by atoms with Gasteiger partial charge in [0, 0.05) is 22.3 Å². The van der Waals surface area contributed by atoms with Gasteiger partial charge in [0.05, 0.1) is 0 Å². The van der Waals surface area contributed by atoms with E-state index in [1.54, 1.807) is 13.0 Å². The quantitative estimate of drug-likeness (QED) is 0.364. The highest BCUT2D eigenvalue weighted by atomic mass is 19.1. The molecule has 33 heavy (non-hydrogen) atoms. The van der Waals surface area contributed by atoms with Gasteiger partial charge in [-0.2, -0.15) is 0 Å². The Labute approximate surface area is 198 Å². The smallest absolute Gasteiger partial charge is 0.127 e. The Hall–Kier alpha value is -3.29. The predicted octanol–water partition coefficient (Wildman–Crippen LogP) is 7.61. The molecule has 0 saturated heterocycles. The summed E-state index contributed by atoms with van der Waals surface area (Å²) < 4.78 is 13.7. The van der Waals surface area contributed by atoms with Crippen molar-refractivity contribution in [3.63, 3.8) is 0 Å². The first-order valence-corrected chi connectivity index (χ1v) is 12.0. The third kappa shape index (κ3) is 6.37. The Kier molecular flexibility index (Phi) is 7.32. The van der Waals surface area contributed by atoms with Crippen LogP contribution in [0.4, 0.5) is 4.39 Å². The van der Waals surface area contributed by atoms with Crippen LogP contribution < -0.4 is 0 Å². The summed E-state index contributed by atoms with van der Waals surface area (Å²) in [4.78, 5) is 0. The number of hydrogen-bond acceptors (Lipinski definition) is 0. The van der Waals surface area contributed by atoms with Gasteiger partial charge in [0.25, 0.3) is 0 Å². The molecule has 3 aromatic rings. The van der Waals surface area contributed by atoms with E-state index < -0.39 is 0 Å². The van der Waals surface area contributed by atoms with E-state index in [-0.39, 0.29) is 5.82 Å². The molecule has 0 nitrogen and oxygen atoms in total. The molecule has 0 heterocycles. The molecule has 0 bridgehead atoms. The van der Waals surface area contributed by atoms with Crippen LogP contribution in [0.15, 0.2) is 60.7 Å². The van der Waals surface area contributed by atoms with Gasteiger partial charge in [0.2, 0.25) is 0 Å². The molecule has 0 aromatic heterocycles. The molecule has 1 fully saturated rings. The minimum atomic E-state index is -0.223. The number of halogens is 1. The van der Waals surface area contributed by atoms with Crippen molar-refractivity contribution in [2.24, 2.45) is 11.8 Å². The normalized spacial score (nSPS) is 17.5. The van der Waals surface area contributed by atoms with Crippen LogP contribution in [-0.4, -0.2) is 0 Å². The average Bonchev–Trinajstić information content (AvgIpc) is 2.81. The Morgan fingerprint density at radius 3 is 1.94 bits per heavy atom. The molecule has 0 amide bonds. The Morgan fingerprint density at radius 1 is 0.697 bits per heavy atom. The molecular weight excluding hydrogens is 403 g/mol. The largest absolute Gasteiger partial charge is 0.207 e. The van der Waals surface area contributed by atoms with Gasteiger partial charge >= 0.3 is 0 Å². The maximum Gasteiger partial charge on any atom is 0.127 e. The molecule has 0 spiro atoms. The maximum atomic E-state index is 13.7. The van der Waals surface area contributed by atoms with Crippen molar-refractivity contribution < 1.29 is 4.39 Å². The van der Waals surface area contributed by atoms with Crippen LogP contribution in [0.1, 0.15) is 71.6 Å². The van der Waals surface area contributed by atoms with E-state index in [1.807, 2.05) is 30.3 Å². The topological polar surface area (TPSA) is 0 Å². The van der Waals surface area contributed by atoms with Crippen molar-refractivity contribution in [2.75, 3.05) is 0 Å². The molecule has 0 N–H and O–H groups in total. The van der Waals surface area contributed by atoms with Gasteiger partial charge in [-0.15, -0.1) is 0 Å². The third-order valence-electron chi connectivity index (χ3n) is 6.70. The molecule has 4 rings (SSSR count). The van der Waals surface area contributed by atoms with Gasteiger partial charge in [-0.05, 0) is 104 Å². The predicted molar refractivity (Wildman–Crippen MR) is 136 cm³/mol. The minimum absolute atomic E-state index is 0.223. The molecule has 0 atom stereocenters. The highest BCUT2D eigenvalue weighted by Crippen LogP contribution is 2.30. The van der Waals surface area contributed by atoms with Crippen LogP contribution >= 0.6 is 0 Å². The molecular formula is C32H31F. The molecule has 0 aliphatic heterocycles. The zero-order chi connectivity index (χ0) is 23.2. The lowest BCUT2D eigenvalue weighted by atomic mass is 9.80. The van der Waals surface area contributed by atoms with Gasteiger partial charge in [-0.25, -0.2) is 4.39 Å². The van der Waals surface area contributed by atoms with Crippen LogP contribution in [0.5, 0.6) is 0 Å². The summed E-state index contributed by atoms with van der Waals surface area (Å²) in [5.41, 5.74) is 6.93. The van der Waals surface area contributed by atoms with Gasteiger partial charge in [0.15, 0.2) is 0 Å². The highest BCUT2D eigenvalue weighted by Gasteiger charge is 2.18. The lowest BCUT2D eigenvalue weighted by molar-refractivity contribution is 0.289. The van der Waals surface area contributed by atoms with Crippen molar-refractivity contribution in [2.45, 2.75) is 52.9 Å². The van der Waals surface area contributed by atoms with E-state index in [0.29, 0.717) is 11.1 Å². The monoisotopic (exact) mass is 434 g/mol. The van der Waals surface area contributed by atoms with Crippen molar-refractivity contribution in [3.05, 3.63) is 105 Å². The second-order valence-electron chi connectivity index (χ2n) is 9.52. The Bertz CT molecular complexity index is 1230. The fourth-order valence-electron chi connectivity index (χ4n) is 4.45. The van der Waals surface area contributed by atoms with E-state index in [4.69, 9.17) is 0 Å². The standard InChI is InChI=1S/C32H31F/c1-23-4-7-28(8-5-23)21-30-17-19-31(25(3)20-30)18-16-27-12-10-26(11-13-27)14-15-29-9-6-24(2)32(33)22-29/h6,9-13,17,19-20,22-23,28H,4-5,7-8,21H2,1-3H3. The summed E-state index contributed by atoms with van der Waals surface area (Å²) in [5, 5.41) is 0. The lowest BCUT2D eigenvalue weighted by Crippen LogP contribution is -2.14. The van der Waals surface area contributed by atoms with Gasteiger partial charge in [-0.3, -0.25) is 0 Å². The van der Waals surface area contributed by atoms with E-state index in [2.05, 4.69) is 55.7 Å². The fraction of sp³-hybridized carbons (Fsp3) is 0.312. The first-order chi connectivity index (χ1) is 16.0. The van der Waals surface area contributed by atoms with Crippen LogP contribution in [0, 0.1) is 55.2 Å². The van der Waals surface area contributed by atoms with Crippen molar-refractivity contribution in [1.29, 1.82) is 0 Å². The third-order valence-corrected chi connectivity index (χ3v) is 6.70. The van der Waals surface area contributed by atoms with Gasteiger partial charge < -0.3 is 0 Å². The van der Waals surface area contributed by atoms with Gasteiger partial charge in [0.1, 0.15) is 5.82 Å². The fourth-order valence-corrected chi connectivity index (χ4v) is 4.45. The van der Waals surface area contributed by atoms with Crippen LogP contribution in [0.2, 0.25) is 0 Å². The van der Waals surface area contributed by atoms with E-state index in [0.717, 1.165) is 28.5 Å². The molecule has 3 aromatic carbocycles. The van der Waals surface area contributed by atoms with Crippen molar-refractivity contribution in [3.8, 4) is 23.7 Å². The minimum Gasteiger partial charge on any atom is -0.207 e. The Balaban J connectivity index is 1.40. The number of benzene rings is 3. The van der Waals surface area contributed by atoms with Gasteiger partial charge in [-0.1, -0.05) is 61.6 Å². The molecule has 0 radical (unpaired) electrons. The SMILES string of the molecule is Cc1ccc(C#Cc2ccc(C#Cc3ccc(CC4CCC(C)CC4)cc3C)cc2)cc1F. The zero-order valence-electron chi connectivity index (χ0n) is 19.8. The first-order valence-electron chi connectivity index (χ1n) is 12.0. The van der Waals surface area contributed by atoms with Crippen molar-refractivity contribution in [1.82, 2.24) is 0 Å². The lowest BCUT2D eigenvalue weighted by Gasteiger charge is -2.26. The summed E-state index contributed by atoms with van der Waals surface area (Å²) in [7, 11) is 0. The highest BCUT2D eigenvalue weighted by molar-refractivity contribution is 5.50. The van der Waals surface area contributed by atoms with Crippen LogP contribution in [0.3, 0.4) is 0 Å². The number of aryl methyl sites for hydroxylation is 2. The van der Waals surface area contributed by atoms with Crippen molar-refractivity contribution >= 4 is 0 Å². The van der Waals surface area contributed by atoms with E-state index in [1.165, 1.54) is 49.3 Å². The second kappa shape index (κ2) is 10.6. The number of rotatable bonds is 2. The molecule has 166 valence electrons. The molecule has 0 unspecified atom stereocenters. The summed E-state index contributed by atoms with van der Waals surface area (Å²) in [5.74, 6) is 14.2. The summed E-state index contributed by atoms with van der Waals surface area (Å²) in [6.07, 6.45) is 6.68. The van der Waals surface area contributed by atoms with E-state index in [9.17, 15) is 4.39 Å². The van der Waals surface area contributed by atoms with Crippen LogP contribution in [-0.2, 0) is 6.42 Å². The summed E-state index contributed by atoms with van der Waals surface area (Å²) >= 11 is 0. The summed E-state index contributed by atoms with van der Waals surface area (Å²) in [6.45, 7) is 6.28. The summed E-state index contributed by atoms with van der Waals surface area (Å²) in [6, 6.07) is 19.7. The zero-order valence-corrected chi connectivity index (χ0v) is 19.8. The van der Waals surface area contributed by atoms with Crippen LogP contribution in [0.25, 0.3) is 0 Å². The molecule has 1 heteroatoms. The maximum absolute atomic E-state index is 13.7. The first kappa shape index (κ1) is 22.9. The molecule has 1 saturated carbocycles. The number of hydrogen-bond donors (Lipinski definition) is 0.